The van der Waals surface area contributed by atoms with E-state index in [4.69, 9.17) is 18.9 Å². The summed E-state index contributed by atoms with van der Waals surface area (Å²) in [5.74, 6) is -1.31. The second-order valence-corrected chi connectivity index (χ2v) is 6.20. The van der Waals surface area contributed by atoms with Crippen LogP contribution >= 0.6 is 0 Å². The van der Waals surface area contributed by atoms with E-state index in [9.17, 15) is 4.79 Å². The highest BCUT2D eigenvalue weighted by molar-refractivity contribution is 5.68. The summed E-state index contributed by atoms with van der Waals surface area (Å²) < 4.78 is 22.3. The molecule has 0 radical (unpaired) electrons. The summed E-state index contributed by atoms with van der Waals surface area (Å²) in [4.78, 5) is 12.0. The third kappa shape index (κ3) is 3.39. The molecule has 1 atom stereocenters. The van der Waals surface area contributed by atoms with E-state index in [0.29, 0.717) is 19.8 Å². The average molecular weight is 319 g/mol. The highest BCUT2D eigenvalue weighted by Gasteiger charge is 2.54. The SMILES string of the molecule is C=C[C@H](NC(=O)OCc1ccccc1)C12OCC(C)(CO1)CO2. The van der Waals surface area contributed by atoms with E-state index in [0.717, 1.165) is 5.56 Å². The molecule has 0 aromatic heterocycles. The molecule has 3 fully saturated rings. The molecule has 0 saturated carbocycles. The molecule has 1 aromatic carbocycles. The predicted molar refractivity (Wildman–Crippen MR) is 82.4 cm³/mol. The molecule has 3 aliphatic heterocycles. The van der Waals surface area contributed by atoms with Crippen LogP contribution in [0.25, 0.3) is 0 Å². The zero-order valence-electron chi connectivity index (χ0n) is 13.1. The van der Waals surface area contributed by atoms with E-state index < -0.39 is 18.1 Å². The van der Waals surface area contributed by atoms with Gasteiger partial charge in [0.1, 0.15) is 12.6 Å². The number of carbonyl (C=O) groups excluding carboxylic acids is 1. The first-order chi connectivity index (χ1) is 11.1. The van der Waals surface area contributed by atoms with Crippen LogP contribution in [0, 0.1) is 5.41 Å². The van der Waals surface area contributed by atoms with Crippen LogP contribution < -0.4 is 5.32 Å². The van der Waals surface area contributed by atoms with Crippen LogP contribution in [0.15, 0.2) is 43.0 Å². The lowest BCUT2D eigenvalue weighted by molar-refractivity contribution is -0.469. The number of benzene rings is 1. The third-order valence-corrected chi connectivity index (χ3v) is 3.97. The molecule has 0 unspecified atom stereocenters. The topological polar surface area (TPSA) is 66.0 Å². The zero-order chi connectivity index (χ0) is 16.3. The van der Waals surface area contributed by atoms with Gasteiger partial charge in [-0.05, 0) is 5.56 Å². The van der Waals surface area contributed by atoms with Gasteiger partial charge in [-0.3, -0.25) is 0 Å². The van der Waals surface area contributed by atoms with Gasteiger partial charge >= 0.3 is 12.1 Å². The van der Waals surface area contributed by atoms with Crippen LogP contribution in [0.5, 0.6) is 0 Å². The first-order valence-electron chi connectivity index (χ1n) is 7.57. The van der Waals surface area contributed by atoms with Gasteiger partial charge in [-0.1, -0.05) is 43.3 Å². The first-order valence-corrected chi connectivity index (χ1v) is 7.57. The Morgan fingerprint density at radius 3 is 2.48 bits per heavy atom. The molecule has 1 N–H and O–H groups in total. The summed E-state index contributed by atoms with van der Waals surface area (Å²) in [6.45, 7) is 7.47. The molecule has 3 heterocycles. The fraction of sp³-hybridized carbons (Fsp3) is 0.471. The number of carbonyl (C=O) groups is 1. The minimum Gasteiger partial charge on any atom is -0.445 e. The van der Waals surface area contributed by atoms with Crippen molar-refractivity contribution in [1.29, 1.82) is 0 Å². The lowest BCUT2D eigenvalue weighted by Gasteiger charge is -2.52. The largest absolute Gasteiger partial charge is 0.445 e. The molecule has 3 aliphatic rings. The van der Waals surface area contributed by atoms with Gasteiger partial charge in [0.2, 0.25) is 0 Å². The standard InChI is InChI=1S/C17H21NO5/c1-3-14(17-21-10-16(2,11-22-17)12-23-17)18-15(19)20-9-13-7-5-4-6-8-13/h3-8,14H,1,9-12H2,2H3,(H,18,19)/t14-,16?,17?/m0/s1. The Bertz CT molecular complexity index is 549. The number of rotatable bonds is 5. The van der Waals surface area contributed by atoms with Crippen LogP contribution in [-0.2, 0) is 25.6 Å². The van der Waals surface area contributed by atoms with Gasteiger partial charge < -0.3 is 24.3 Å². The highest BCUT2D eigenvalue weighted by atomic mass is 16.9. The van der Waals surface area contributed by atoms with Crippen molar-refractivity contribution in [2.45, 2.75) is 25.5 Å². The zero-order valence-corrected chi connectivity index (χ0v) is 13.1. The number of amides is 1. The normalized spacial score (nSPS) is 30.5. The highest BCUT2D eigenvalue weighted by Crippen LogP contribution is 2.39. The molecule has 3 saturated heterocycles. The summed E-state index contributed by atoms with van der Waals surface area (Å²) in [5, 5.41) is 2.68. The fourth-order valence-corrected chi connectivity index (χ4v) is 2.53. The van der Waals surface area contributed by atoms with Gasteiger partial charge in [-0.15, -0.1) is 6.58 Å². The lowest BCUT2D eigenvalue weighted by Crippen LogP contribution is -2.66. The number of hydrogen-bond donors (Lipinski definition) is 1. The Balaban J connectivity index is 1.57. The minimum atomic E-state index is -1.31. The quantitative estimate of drug-likeness (QED) is 0.843. The molecule has 2 bridgehead atoms. The number of fused-ring (bicyclic) bond motifs is 3. The average Bonchev–Trinajstić information content (AvgIpc) is 2.60. The number of hydrogen-bond acceptors (Lipinski definition) is 5. The van der Waals surface area contributed by atoms with Gasteiger partial charge in [-0.25, -0.2) is 4.79 Å². The molecule has 6 heteroatoms. The van der Waals surface area contributed by atoms with Gasteiger partial charge in [0.25, 0.3) is 0 Å². The van der Waals surface area contributed by atoms with Crippen LogP contribution in [0.4, 0.5) is 4.79 Å². The molecular formula is C17H21NO5. The maximum Gasteiger partial charge on any atom is 0.408 e. The van der Waals surface area contributed by atoms with Crippen molar-refractivity contribution in [3.05, 3.63) is 48.6 Å². The van der Waals surface area contributed by atoms with Crippen molar-refractivity contribution >= 4 is 6.09 Å². The van der Waals surface area contributed by atoms with Gasteiger partial charge in [0.15, 0.2) is 0 Å². The molecule has 124 valence electrons. The minimum absolute atomic E-state index is 0.138. The summed E-state index contributed by atoms with van der Waals surface area (Å²) in [7, 11) is 0. The number of nitrogens with one attached hydrogen (secondary N) is 1. The van der Waals surface area contributed by atoms with Crippen molar-refractivity contribution in [3.8, 4) is 0 Å². The fourth-order valence-electron chi connectivity index (χ4n) is 2.53. The van der Waals surface area contributed by atoms with Crippen LogP contribution in [0.3, 0.4) is 0 Å². The smallest absolute Gasteiger partial charge is 0.408 e. The van der Waals surface area contributed by atoms with Crippen LogP contribution in [0.2, 0.25) is 0 Å². The summed E-state index contributed by atoms with van der Waals surface area (Å²) >= 11 is 0. The molecule has 1 amide bonds. The van der Waals surface area contributed by atoms with Crippen molar-refractivity contribution in [2.24, 2.45) is 5.41 Å². The van der Waals surface area contributed by atoms with E-state index >= 15 is 0 Å². The number of alkyl carbamates (subject to hydrolysis) is 1. The third-order valence-electron chi connectivity index (χ3n) is 3.97. The van der Waals surface area contributed by atoms with Crippen molar-refractivity contribution in [2.75, 3.05) is 19.8 Å². The predicted octanol–water partition coefficient (Wildman–Crippen LogP) is 2.20. The maximum absolute atomic E-state index is 12.0. The molecular weight excluding hydrogens is 298 g/mol. The molecule has 6 nitrogen and oxygen atoms in total. The van der Waals surface area contributed by atoms with Crippen LogP contribution in [0.1, 0.15) is 12.5 Å². The Morgan fingerprint density at radius 1 is 1.30 bits per heavy atom. The first kappa shape index (κ1) is 16.0. The van der Waals surface area contributed by atoms with E-state index in [2.05, 4.69) is 11.9 Å². The molecule has 1 aromatic rings. The summed E-state index contributed by atoms with van der Waals surface area (Å²) in [6.07, 6.45) is 0.945. The molecule has 23 heavy (non-hydrogen) atoms. The summed E-state index contributed by atoms with van der Waals surface area (Å²) in [6, 6.07) is 8.79. The number of ether oxygens (including phenoxy) is 4. The molecule has 4 rings (SSSR count). The Kier molecular flexibility index (Phi) is 4.39. The Labute approximate surface area is 135 Å². The second kappa shape index (κ2) is 6.31. The molecule has 0 spiro atoms. The van der Waals surface area contributed by atoms with Crippen molar-refractivity contribution in [1.82, 2.24) is 5.32 Å². The van der Waals surface area contributed by atoms with E-state index in [1.807, 2.05) is 37.3 Å². The van der Waals surface area contributed by atoms with Crippen LogP contribution in [-0.4, -0.2) is 37.9 Å². The van der Waals surface area contributed by atoms with Gasteiger partial charge in [-0.2, -0.15) is 0 Å². The lowest BCUT2D eigenvalue weighted by atomic mass is 9.91. The van der Waals surface area contributed by atoms with E-state index in [1.54, 1.807) is 0 Å². The molecule has 0 aliphatic carbocycles. The second-order valence-electron chi connectivity index (χ2n) is 6.20. The van der Waals surface area contributed by atoms with E-state index in [1.165, 1.54) is 6.08 Å². The Morgan fingerprint density at radius 2 is 1.91 bits per heavy atom. The monoisotopic (exact) mass is 319 g/mol. The maximum atomic E-state index is 12.0. The van der Waals surface area contributed by atoms with Crippen molar-refractivity contribution in [3.63, 3.8) is 0 Å². The Hall–Kier alpha value is -1.89. The van der Waals surface area contributed by atoms with Gasteiger partial charge in [0.05, 0.1) is 19.8 Å². The van der Waals surface area contributed by atoms with Crippen molar-refractivity contribution < 1.29 is 23.7 Å². The summed E-state index contributed by atoms with van der Waals surface area (Å²) in [5.41, 5.74) is 0.771. The van der Waals surface area contributed by atoms with E-state index in [-0.39, 0.29) is 12.0 Å². The van der Waals surface area contributed by atoms with Gasteiger partial charge in [0, 0.05) is 5.41 Å².